The van der Waals surface area contributed by atoms with E-state index >= 15 is 0 Å². The zero-order chi connectivity index (χ0) is 12.1. The molecule has 0 saturated heterocycles. The zero-order valence-electron chi connectivity index (χ0n) is 10.3. The van der Waals surface area contributed by atoms with Crippen LogP contribution in [0, 0.1) is 0 Å². The molecule has 1 aliphatic carbocycles. The van der Waals surface area contributed by atoms with Gasteiger partial charge in [0.15, 0.2) is 0 Å². The topological polar surface area (TPSA) is 51.8 Å². The predicted molar refractivity (Wildman–Crippen MR) is 68.7 cm³/mol. The molecule has 88 valence electrons. The molecule has 0 amide bonds. The van der Waals surface area contributed by atoms with Crippen LogP contribution in [0.25, 0.3) is 11.0 Å². The summed E-state index contributed by atoms with van der Waals surface area (Å²) in [6, 6.07) is 7.97. The highest BCUT2D eigenvalue weighted by Gasteiger charge is 2.55. The lowest BCUT2D eigenvalue weighted by molar-refractivity contribution is 0.384. The highest BCUT2D eigenvalue weighted by molar-refractivity contribution is 5.73. The lowest BCUT2D eigenvalue weighted by atomic mass is 9.82. The molecule has 0 spiro atoms. The Bertz CT molecular complexity index is 565. The van der Waals surface area contributed by atoms with Gasteiger partial charge in [-0.25, -0.2) is 4.98 Å². The van der Waals surface area contributed by atoms with Gasteiger partial charge in [-0.05, 0) is 38.8 Å². The average Bonchev–Trinajstić information content (AvgIpc) is 3.09. The smallest absolute Gasteiger partial charge is 0.0890 e. The minimum atomic E-state index is -0.232. The fourth-order valence-electron chi connectivity index (χ4n) is 2.54. The van der Waals surface area contributed by atoms with Gasteiger partial charge in [-0.2, -0.15) is 0 Å². The van der Waals surface area contributed by atoms with Crippen LogP contribution < -0.4 is 5.73 Å². The van der Waals surface area contributed by atoms with Crippen molar-refractivity contribution in [2.24, 2.45) is 5.73 Å². The van der Waals surface area contributed by atoms with Gasteiger partial charge in [-0.3, -0.25) is 4.98 Å². The molecule has 1 aliphatic rings. The molecule has 3 heteroatoms. The number of hydrogen-bond donors (Lipinski definition) is 1. The second-order valence-electron chi connectivity index (χ2n) is 5.55. The van der Waals surface area contributed by atoms with Crippen LogP contribution >= 0.6 is 0 Å². The maximum atomic E-state index is 6.28. The van der Waals surface area contributed by atoms with Crippen LogP contribution in [0.5, 0.6) is 0 Å². The van der Waals surface area contributed by atoms with Crippen LogP contribution in [0.2, 0.25) is 0 Å². The van der Waals surface area contributed by atoms with Crippen LogP contribution in [0.3, 0.4) is 0 Å². The van der Waals surface area contributed by atoms with E-state index in [1.165, 1.54) is 0 Å². The summed E-state index contributed by atoms with van der Waals surface area (Å²) in [6.45, 7) is 4.16. The lowest BCUT2D eigenvalue weighted by Gasteiger charge is -2.30. The molecular weight excluding hydrogens is 210 g/mol. The summed E-state index contributed by atoms with van der Waals surface area (Å²) in [5.41, 5.74) is 9.03. The van der Waals surface area contributed by atoms with Crippen LogP contribution in [0.1, 0.15) is 32.4 Å². The number of nitrogens with two attached hydrogens (primary N) is 1. The maximum Gasteiger partial charge on any atom is 0.0890 e. The first-order valence-corrected chi connectivity index (χ1v) is 6.04. The van der Waals surface area contributed by atoms with Gasteiger partial charge in [-0.15, -0.1) is 0 Å². The molecule has 2 aromatic rings. The van der Waals surface area contributed by atoms with E-state index in [2.05, 4.69) is 18.8 Å². The molecule has 17 heavy (non-hydrogen) atoms. The van der Waals surface area contributed by atoms with Gasteiger partial charge in [0.1, 0.15) is 0 Å². The summed E-state index contributed by atoms with van der Waals surface area (Å²) in [5, 5.41) is 0. The molecule has 3 nitrogen and oxygen atoms in total. The number of para-hydroxylation sites is 2. The summed E-state index contributed by atoms with van der Waals surface area (Å²) >= 11 is 0. The minimum absolute atomic E-state index is 0.0318. The summed E-state index contributed by atoms with van der Waals surface area (Å²) in [6.07, 6.45) is 4.12. The van der Waals surface area contributed by atoms with Gasteiger partial charge in [-0.1, -0.05) is 12.1 Å². The Kier molecular flexibility index (Phi) is 2.05. The Morgan fingerprint density at radius 1 is 1.18 bits per heavy atom. The first-order valence-electron chi connectivity index (χ1n) is 6.04. The largest absolute Gasteiger partial charge is 0.325 e. The molecule has 0 radical (unpaired) electrons. The molecule has 0 aliphatic heterocycles. The summed E-state index contributed by atoms with van der Waals surface area (Å²) < 4.78 is 0. The third-order valence-corrected chi connectivity index (χ3v) is 3.92. The van der Waals surface area contributed by atoms with Crippen molar-refractivity contribution >= 4 is 11.0 Å². The van der Waals surface area contributed by atoms with Gasteiger partial charge in [0.05, 0.1) is 16.7 Å². The van der Waals surface area contributed by atoms with Crippen LogP contribution in [0.15, 0.2) is 30.5 Å². The number of nitrogens with zero attached hydrogens (tertiary/aromatic N) is 2. The number of rotatable bonds is 2. The van der Waals surface area contributed by atoms with E-state index in [1.807, 2.05) is 30.5 Å². The van der Waals surface area contributed by atoms with E-state index in [9.17, 15) is 0 Å². The first kappa shape index (κ1) is 10.7. The van der Waals surface area contributed by atoms with Gasteiger partial charge in [0.25, 0.3) is 0 Å². The van der Waals surface area contributed by atoms with Crippen molar-refractivity contribution in [1.82, 2.24) is 9.97 Å². The minimum Gasteiger partial charge on any atom is -0.325 e. The van der Waals surface area contributed by atoms with Crippen LogP contribution in [-0.4, -0.2) is 15.5 Å². The monoisotopic (exact) mass is 227 g/mol. The normalized spacial score (nSPS) is 18.3. The van der Waals surface area contributed by atoms with E-state index in [0.717, 1.165) is 29.6 Å². The molecule has 1 saturated carbocycles. The van der Waals surface area contributed by atoms with Crippen molar-refractivity contribution in [2.45, 2.75) is 37.6 Å². The molecule has 1 heterocycles. The Morgan fingerprint density at radius 2 is 1.82 bits per heavy atom. The van der Waals surface area contributed by atoms with Crippen molar-refractivity contribution in [3.63, 3.8) is 0 Å². The fraction of sp³-hybridized carbons (Fsp3) is 0.429. The van der Waals surface area contributed by atoms with Gasteiger partial charge >= 0.3 is 0 Å². The Labute approximate surface area is 101 Å². The lowest BCUT2D eigenvalue weighted by Crippen LogP contribution is -2.45. The predicted octanol–water partition coefficient (Wildman–Crippen LogP) is 2.40. The summed E-state index contributed by atoms with van der Waals surface area (Å²) in [4.78, 5) is 9.22. The van der Waals surface area contributed by atoms with E-state index in [4.69, 9.17) is 10.7 Å². The van der Waals surface area contributed by atoms with E-state index in [-0.39, 0.29) is 11.0 Å². The molecule has 3 rings (SSSR count). The number of hydrogen-bond acceptors (Lipinski definition) is 3. The highest BCUT2D eigenvalue weighted by Crippen LogP contribution is 2.53. The summed E-state index contributed by atoms with van der Waals surface area (Å²) in [7, 11) is 0. The van der Waals surface area contributed by atoms with Crippen molar-refractivity contribution in [3.05, 3.63) is 36.2 Å². The third kappa shape index (κ3) is 1.53. The Morgan fingerprint density at radius 3 is 2.41 bits per heavy atom. The average molecular weight is 227 g/mol. The summed E-state index contributed by atoms with van der Waals surface area (Å²) in [5.74, 6) is 0. The second kappa shape index (κ2) is 3.26. The Hall–Kier alpha value is -1.48. The van der Waals surface area contributed by atoms with E-state index in [0.29, 0.717) is 0 Å². The molecule has 2 N–H and O–H groups in total. The molecule has 1 aromatic heterocycles. The SMILES string of the molecule is CC(C)(N)C1(c2cnc3ccccc3n2)CC1. The van der Waals surface area contributed by atoms with Gasteiger partial charge in [0.2, 0.25) is 0 Å². The number of benzene rings is 1. The van der Waals surface area contributed by atoms with Crippen molar-refractivity contribution in [2.75, 3.05) is 0 Å². The van der Waals surface area contributed by atoms with Crippen molar-refractivity contribution in [1.29, 1.82) is 0 Å². The zero-order valence-corrected chi connectivity index (χ0v) is 10.3. The van der Waals surface area contributed by atoms with Gasteiger partial charge < -0.3 is 5.73 Å². The van der Waals surface area contributed by atoms with Crippen LogP contribution in [-0.2, 0) is 5.41 Å². The molecule has 0 atom stereocenters. The number of fused-ring (bicyclic) bond motifs is 1. The second-order valence-corrected chi connectivity index (χ2v) is 5.55. The van der Waals surface area contributed by atoms with Gasteiger partial charge in [0, 0.05) is 17.2 Å². The standard InChI is InChI=1S/C14H17N3/c1-13(2,15)14(7-8-14)12-9-16-10-5-3-4-6-11(10)17-12/h3-6,9H,7-8,15H2,1-2H3. The molecule has 1 aromatic carbocycles. The molecule has 0 unspecified atom stereocenters. The first-order chi connectivity index (χ1) is 8.03. The van der Waals surface area contributed by atoms with Crippen molar-refractivity contribution < 1.29 is 0 Å². The molecule has 1 fully saturated rings. The van der Waals surface area contributed by atoms with E-state index in [1.54, 1.807) is 0 Å². The molecular formula is C14H17N3. The quantitative estimate of drug-likeness (QED) is 0.857. The third-order valence-electron chi connectivity index (χ3n) is 3.92. The van der Waals surface area contributed by atoms with Crippen molar-refractivity contribution in [3.8, 4) is 0 Å². The fourth-order valence-corrected chi connectivity index (χ4v) is 2.54. The Balaban J connectivity index is 2.13. The number of aromatic nitrogens is 2. The highest BCUT2D eigenvalue weighted by atomic mass is 14.9. The van der Waals surface area contributed by atoms with Crippen LogP contribution in [0.4, 0.5) is 0 Å². The van der Waals surface area contributed by atoms with E-state index < -0.39 is 0 Å². The molecule has 0 bridgehead atoms. The maximum absolute atomic E-state index is 6.28.